The highest BCUT2D eigenvalue weighted by Gasteiger charge is 2.51. The summed E-state index contributed by atoms with van der Waals surface area (Å²) in [5.74, 6) is 0.652. The van der Waals surface area contributed by atoms with Gasteiger partial charge in [0.15, 0.2) is 0 Å². The molecule has 2 unspecified atom stereocenters. The van der Waals surface area contributed by atoms with E-state index in [4.69, 9.17) is 11.6 Å². The SMILES string of the molecule is Cn1ccnc1C1(O)CC2CCC(C1)N2C(=O)c1ccccc1Cl. The van der Waals surface area contributed by atoms with Crippen molar-refractivity contribution in [3.63, 3.8) is 0 Å². The Morgan fingerprint density at radius 2 is 1.96 bits per heavy atom. The molecule has 1 N–H and O–H groups in total. The standard InChI is InChI=1S/C18H20ClN3O2/c1-21-9-8-20-17(21)18(24)10-12-6-7-13(11-18)22(12)16(23)14-4-2-3-5-15(14)19/h2-5,8-9,12-13,24H,6-7,10-11H2,1H3. The number of hydrogen-bond donors (Lipinski definition) is 1. The highest BCUT2D eigenvalue weighted by atomic mass is 35.5. The van der Waals surface area contributed by atoms with Gasteiger partial charge < -0.3 is 14.6 Å². The maximum absolute atomic E-state index is 13.0. The summed E-state index contributed by atoms with van der Waals surface area (Å²) in [7, 11) is 1.89. The summed E-state index contributed by atoms with van der Waals surface area (Å²) in [6, 6.07) is 7.21. The summed E-state index contributed by atoms with van der Waals surface area (Å²) in [5.41, 5.74) is -0.431. The van der Waals surface area contributed by atoms with Crippen LogP contribution in [0.5, 0.6) is 0 Å². The molecule has 2 aliphatic heterocycles. The van der Waals surface area contributed by atoms with E-state index >= 15 is 0 Å². The number of carbonyl (C=O) groups excluding carboxylic acids is 1. The molecule has 126 valence electrons. The normalized spacial score (nSPS) is 29.0. The minimum absolute atomic E-state index is 0.0224. The second kappa shape index (κ2) is 5.60. The molecule has 1 aromatic heterocycles. The van der Waals surface area contributed by atoms with E-state index < -0.39 is 5.60 Å². The molecule has 2 fully saturated rings. The van der Waals surface area contributed by atoms with Gasteiger partial charge in [-0.1, -0.05) is 23.7 Å². The summed E-state index contributed by atoms with van der Waals surface area (Å²) in [5, 5.41) is 11.6. The van der Waals surface area contributed by atoms with Gasteiger partial charge >= 0.3 is 0 Å². The van der Waals surface area contributed by atoms with E-state index in [9.17, 15) is 9.90 Å². The summed E-state index contributed by atoms with van der Waals surface area (Å²) in [6.07, 6.45) is 6.41. The topological polar surface area (TPSA) is 58.4 Å². The average Bonchev–Trinajstić information content (AvgIpc) is 3.10. The van der Waals surface area contributed by atoms with E-state index in [1.165, 1.54) is 0 Å². The Labute approximate surface area is 145 Å². The number of hydrogen-bond acceptors (Lipinski definition) is 3. The maximum atomic E-state index is 13.0. The quantitative estimate of drug-likeness (QED) is 0.910. The van der Waals surface area contributed by atoms with Crippen LogP contribution in [0.1, 0.15) is 41.9 Å². The number of carbonyl (C=O) groups is 1. The van der Waals surface area contributed by atoms with Gasteiger partial charge in [0, 0.05) is 44.4 Å². The van der Waals surface area contributed by atoms with E-state index in [-0.39, 0.29) is 18.0 Å². The van der Waals surface area contributed by atoms with Crippen molar-refractivity contribution < 1.29 is 9.90 Å². The molecule has 1 aromatic carbocycles. The lowest BCUT2D eigenvalue weighted by atomic mass is 9.85. The second-order valence-corrected chi connectivity index (χ2v) is 7.29. The molecule has 0 radical (unpaired) electrons. The van der Waals surface area contributed by atoms with Gasteiger partial charge in [0.2, 0.25) is 0 Å². The van der Waals surface area contributed by atoms with E-state index in [0.29, 0.717) is 29.3 Å². The van der Waals surface area contributed by atoms with Crippen LogP contribution in [-0.4, -0.2) is 37.5 Å². The minimum atomic E-state index is -0.971. The summed E-state index contributed by atoms with van der Waals surface area (Å²) >= 11 is 6.20. The van der Waals surface area contributed by atoms with Crippen LogP contribution in [0, 0.1) is 0 Å². The Morgan fingerprint density at radius 3 is 2.54 bits per heavy atom. The number of fused-ring (bicyclic) bond motifs is 2. The fraction of sp³-hybridized carbons (Fsp3) is 0.444. The fourth-order valence-corrected chi connectivity index (χ4v) is 4.54. The lowest BCUT2D eigenvalue weighted by Gasteiger charge is -2.43. The monoisotopic (exact) mass is 345 g/mol. The molecule has 0 aliphatic carbocycles. The van der Waals surface area contributed by atoms with E-state index in [0.717, 1.165) is 12.8 Å². The van der Waals surface area contributed by atoms with Crippen LogP contribution in [0.4, 0.5) is 0 Å². The zero-order chi connectivity index (χ0) is 16.9. The Bertz CT molecular complexity index is 774. The highest BCUT2D eigenvalue weighted by Crippen LogP contribution is 2.45. The third-order valence-electron chi connectivity index (χ3n) is 5.34. The molecule has 4 rings (SSSR count). The van der Waals surface area contributed by atoms with Crippen molar-refractivity contribution in [1.29, 1.82) is 0 Å². The van der Waals surface area contributed by atoms with Crippen molar-refractivity contribution in [1.82, 2.24) is 14.5 Å². The number of amides is 1. The van der Waals surface area contributed by atoms with Gasteiger partial charge in [0.25, 0.3) is 5.91 Å². The van der Waals surface area contributed by atoms with Crippen molar-refractivity contribution in [2.75, 3.05) is 0 Å². The van der Waals surface area contributed by atoms with Crippen LogP contribution in [0.3, 0.4) is 0 Å². The molecule has 2 saturated heterocycles. The van der Waals surface area contributed by atoms with Gasteiger partial charge in [-0.05, 0) is 25.0 Å². The molecular weight excluding hydrogens is 326 g/mol. The third kappa shape index (κ3) is 2.34. The first-order chi connectivity index (χ1) is 11.5. The molecule has 1 amide bonds. The zero-order valence-corrected chi connectivity index (χ0v) is 14.3. The largest absolute Gasteiger partial charge is 0.382 e. The predicted molar refractivity (Wildman–Crippen MR) is 90.8 cm³/mol. The fourth-order valence-electron chi connectivity index (χ4n) is 4.33. The lowest BCUT2D eigenvalue weighted by Crippen LogP contribution is -2.52. The van der Waals surface area contributed by atoms with Crippen LogP contribution < -0.4 is 0 Å². The van der Waals surface area contributed by atoms with E-state index in [2.05, 4.69) is 4.98 Å². The number of aryl methyl sites for hydroxylation is 1. The lowest BCUT2D eigenvalue weighted by molar-refractivity contribution is -0.0555. The van der Waals surface area contributed by atoms with E-state index in [1.54, 1.807) is 18.3 Å². The molecule has 2 bridgehead atoms. The second-order valence-electron chi connectivity index (χ2n) is 6.88. The Balaban J connectivity index is 1.63. The maximum Gasteiger partial charge on any atom is 0.255 e. The molecule has 2 aromatic rings. The van der Waals surface area contributed by atoms with Crippen LogP contribution in [0.25, 0.3) is 0 Å². The number of piperidine rings is 1. The molecular formula is C18H20ClN3O2. The first-order valence-corrected chi connectivity index (χ1v) is 8.65. The van der Waals surface area contributed by atoms with Gasteiger partial charge in [0.1, 0.15) is 11.4 Å². The number of nitrogens with zero attached hydrogens (tertiary/aromatic N) is 3. The third-order valence-corrected chi connectivity index (χ3v) is 5.67. The number of imidazole rings is 1. The molecule has 2 atom stereocenters. The van der Waals surface area contributed by atoms with Crippen molar-refractivity contribution in [3.8, 4) is 0 Å². The first-order valence-electron chi connectivity index (χ1n) is 8.27. The predicted octanol–water partition coefficient (Wildman–Crippen LogP) is 2.73. The minimum Gasteiger partial charge on any atom is -0.382 e. The van der Waals surface area contributed by atoms with Crippen molar-refractivity contribution in [2.45, 2.75) is 43.4 Å². The number of rotatable bonds is 2. The average molecular weight is 346 g/mol. The Hall–Kier alpha value is -1.85. The van der Waals surface area contributed by atoms with Gasteiger partial charge in [-0.25, -0.2) is 4.98 Å². The molecule has 6 heteroatoms. The molecule has 0 spiro atoms. The number of aromatic nitrogens is 2. The number of benzene rings is 1. The van der Waals surface area contributed by atoms with Crippen molar-refractivity contribution in [3.05, 3.63) is 53.1 Å². The first kappa shape index (κ1) is 15.7. The summed E-state index contributed by atoms with van der Waals surface area (Å²) < 4.78 is 1.87. The molecule has 24 heavy (non-hydrogen) atoms. The van der Waals surface area contributed by atoms with Crippen LogP contribution in [0.2, 0.25) is 5.02 Å². The Morgan fingerprint density at radius 1 is 1.29 bits per heavy atom. The van der Waals surface area contributed by atoms with Gasteiger partial charge in [-0.15, -0.1) is 0 Å². The highest BCUT2D eigenvalue weighted by molar-refractivity contribution is 6.33. The van der Waals surface area contributed by atoms with Gasteiger partial charge in [-0.2, -0.15) is 0 Å². The zero-order valence-electron chi connectivity index (χ0n) is 13.5. The molecule has 3 heterocycles. The summed E-state index contributed by atoms with van der Waals surface area (Å²) in [6.45, 7) is 0. The number of halogens is 1. The molecule has 2 aliphatic rings. The van der Waals surface area contributed by atoms with Gasteiger partial charge in [0.05, 0.1) is 10.6 Å². The number of aliphatic hydroxyl groups is 1. The van der Waals surface area contributed by atoms with Crippen molar-refractivity contribution >= 4 is 17.5 Å². The molecule has 0 saturated carbocycles. The Kier molecular flexibility index (Phi) is 3.66. The van der Waals surface area contributed by atoms with Crippen molar-refractivity contribution in [2.24, 2.45) is 7.05 Å². The van der Waals surface area contributed by atoms with Crippen LogP contribution >= 0.6 is 11.6 Å². The van der Waals surface area contributed by atoms with E-state index in [1.807, 2.05) is 34.8 Å². The molecule has 5 nitrogen and oxygen atoms in total. The summed E-state index contributed by atoms with van der Waals surface area (Å²) in [4.78, 5) is 19.3. The van der Waals surface area contributed by atoms with Crippen LogP contribution in [-0.2, 0) is 12.6 Å². The van der Waals surface area contributed by atoms with Crippen LogP contribution in [0.15, 0.2) is 36.7 Å². The van der Waals surface area contributed by atoms with Gasteiger partial charge in [-0.3, -0.25) is 4.79 Å². The smallest absolute Gasteiger partial charge is 0.255 e.